The normalized spacial score (nSPS) is 14.5. The van der Waals surface area contributed by atoms with Gasteiger partial charge >= 0.3 is 0 Å². The van der Waals surface area contributed by atoms with E-state index < -0.39 is 6.23 Å². The number of aliphatic hydroxyl groups excluding tert-OH is 2. The van der Waals surface area contributed by atoms with Gasteiger partial charge in [0.15, 0.2) is 0 Å². The molecule has 0 radical (unpaired) electrons. The van der Waals surface area contributed by atoms with Gasteiger partial charge in [-0.3, -0.25) is 9.80 Å². The van der Waals surface area contributed by atoms with Gasteiger partial charge in [-0.2, -0.15) is 0 Å². The number of nitrogens with zero attached hydrogens (tertiary/aromatic N) is 2. The van der Waals surface area contributed by atoms with Crippen molar-refractivity contribution in [2.24, 2.45) is 0 Å². The van der Waals surface area contributed by atoms with Crippen molar-refractivity contribution < 1.29 is 10.2 Å². The average molecular weight is 162 g/mol. The first-order chi connectivity index (χ1) is 5.11. The summed E-state index contributed by atoms with van der Waals surface area (Å²) in [4.78, 5) is 3.46. The highest BCUT2D eigenvalue weighted by atomic mass is 16.3. The Bertz CT molecular complexity index is 100. The fraction of sp³-hybridized carbons (Fsp3) is 1.00. The van der Waals surface area contributed by atoms with Crippen molar-refractivity contribution in [2.45, 2.75) is 13.2 Å². The molecule has 11 heavy (non-hydrogen) atoms. The van der Waals surface area contributed by atoms with Gasteiger partial charge in [-0.15, -0.1) is 0 Å². The molecule has 0 fully saturated rings. The van der Waals surface area contributed by atoms with Crippen molar-refractivity contribution in [3.63, 3.8) is 0 Å². The van der Waals surface area contributed by atoms with Gasteiger partial charge in [0, 0.05) is 6.54 Å². The second kappa shape index (κ2) is 5.49. The predicted octanol–water partition coefficient (Wildman–Crippen LogP) is -0.862. The van der Waals surface area contributed by atoms with Crippen LogP contribution in [0.2, 0.25) is 0 Å². The van der Waals surface area contributed by atoms with Gasteiger partial charge < -0.3 is 10.2 Å². The summed E-state index contributed by atoms with van der Waals surface area (Å²) in [5, 5.41) is 18.0. The Morgan fingerprint density at radius 3 is 2.27 bits per heavy atom. The van der Waals surface area contributed by atoms with Crippen molar-refractivity contribution in [1.29, 1.82) is 0 Å². The van der Waals surface area contributed by atoms with E-state index in [1.807, 2.05) is 18.9 Å². The van der Waals surface area contributed by atoms with E-state index in [-0.39, 0.29) is 6.73 Å². The maximum Gasteiger partial charge on any atom is 0.120 e. The Kier molecular flexibility index (Phi) is 5.41. The standard InChI is InChI=1S/C7H18N2O2/c1-4-9(3)7(11)5-8(2)6-10/h7,10-11H,4-6H2,1-3H3. The minimum absolute atomic E-state index is 0.0192. The summed E-state index contributed by atoms with van der Waals surface area (Å²) < 4.78 is 0. The molecule has 4 heteroatoms. The zero-order valence-electron chi connectivity index (χ0n) is 7.49. The molecule has 68 valence electrons. The molecule has 0 aromatic heterocycles. The lowest BCUT2D eigenvalue weighted by molar-refractivity contribution is -0.0148. The lowest BCUT2D eigenvalue weighted by Crippen LogP contribution is -2.40. The second-order valence-electron chi connectivity index (χ2n) is 2.73. The molecule has 4 nitrogen and oxygen atoms in total. The molecular formula is C7H18N2O2. The third-order valence-corrected chi connectivity index (χ3v) is 1.72. The zero-order valence-corrected chi connectivity index (χ0v) is 7.49. The SMILES string of the molecule is CCN(C)C(O)CN(C)CO. The molecule has 2 N–H and O–H groups in total. The maximum absolute atomic E-state index is 9.39. The Labute approximate surface area is 68.0 Å². The fourth-order valence-electron chi connectivity index (χ4n) is 0.687. The van der Waals surface area contributed by atoms with Crippen LogP contribution in [-0.2, 0) is 0 Å². The van der Waals surface area contributed by atoms with E-state index in [1.165, 1.54) is 0 Å². The van der Waals surface area contributed by atoms with Crippen molar-refractivity contribution in [1.82, 2.24) is 9.80 Å². The highest BCUT2D eigenvalue weighted by molar-refractivity contribution is 4.57. The molecule has 0 saturated carbocycles. The van der Waals surface area contributed by atoms with Gasteiger partial charge in [0.25, 0.3) is 0 Å². The molecule has 1 unspecified atom stereocenters. The van der Waals surface area contributed by atoms with E-state index in [0.717, 1.165) is 6.54 Å². The van der Waals surface area contributed by atoms with E-state index >= 15 is 0 Å². The second-order valence-corrected chi connectivity index (χ2v) is 2.73. The Hall–Kier alpha value is -0.160. The van der Waals surface area contributed by atoms with E-state index in [4.69, 9.17) is 5.11 Å². The predicted molar refractivity (Wildman–Crippen MR) is 44.0 cm³/mol. The number of aliphatic hydroxyl groups is 2. The molecule has 0 rings (SSSR count). The summed E-state index contributed by atoms with van der Waals surface area (Å²) in [5.74, 6) is 0. The molecule has 0 aromatic carbocycles. The topological polar surface area (TPSA) is 46.9 Å². The van der Waals surface area contributed by atoms with Crippen molar-refractivity contribution in [3.05, 3.63) is 0 Å². The number of hydrogen-bond donors (Lipinski definition) is 2. The third-order valence-electron chi connectivity index (χ3n) is 1.72. The van der Waals surface area contributed by atoms with Crippen LogP contribution in [0.15, 0.2) is 0 Å². The molecule has 0 aliphatic carbocycles. The quantitative estimate of drug-likeness (QED) is 0.516. The van der Waals surface area contributed by atoms with Crippen LogP contribution in [0.4, 0.5) is 0 Å². The van der Waals surface area contributed by atoms with Crippen LogP contribution in [-0.4, -0.2) is 60.2 Å². The molecule has 0 bridgehead atoms. The van der Waals surface area contributed by atoms with Crippen molar-refractivity contribution >= 4 is 0 Å². The summed E-state index contributed by atoms with van der Waals surface area (Å²) >= 11 is 0. The molecule has 0 heterocycles. The minimum Gasteiger partial charge on any atom is -0.381 e. The van der Waals surface area contributed by atoms with Crippen LogP contribution in [0.5, 0.6) is 0 Å². The van der Waals surface area contributed by atoms with Crippen LogP contribution in [0.1, 0.15) is 6.92 Å². The Morgan fingerprint density at radius 1 is 1.36 bits per heavy atom. The summed E-state index contributed by atoms with van der Waals surface area (Å²) in [6.45, 7) is 3.23. The van der Waals surface area contributed by atoms with Crippen LogP contribution in [0, 0.1) is 0 Å². The molecule has 0 aromatic rings. The summed E-state index contributed by atoms with van der Waals surface area (Å²) in [5.41, 5.74) is 0. The van der Waals surface area contributed by atoms with Crippen molar-refractivity contribution in [3.8, 4) is 0 Å². The van der Waals surface area contributed by atoms with Crippen LogP contribution < -0.4 is 0 Å². The molecule has 1 atom stereocenters. The highest BCUT2D eigenvalue weighted by Gasteiger charge is 2.10. The highest BCUT2D eigenvalue weighted by Crippen LogP contribution is 1.93. The van der Waals surface area contributed by atoms with E-state index in [9.17, 15) is 5.11 Å². The Balaban J connectivity index is 3.58. The lowest BCUT2D eigenvalue weighted by atomic mass is 10.4. The molecule has 0 spiro atoms. The lowest BCUT2D eigenvalue weighted by Gasteiger charge is -2.25. The zero-order chi connectivity index (χ0) is 8.85. The van der Waals surface area contributed by atoms with Crippen molar-refractivity contribution in [2.75, 3.05) is 33.9 Å². The molecule has 0 aliphatic heterocycles. The smallest absolute Gasteiger partial charge is 0.120 e. The number of rotatable bonds is 5. The summed E-state index contributed by atoms with van der Waals surface area (Å²) in [6.07, 6.45) is -0.489. The molecule has 0 amide bonds. The number of hydrogen-bond acceptors (Lipinski definition) is 4. The Morgan fingerprint density at radius 2 is 1.91 bits per heavy atom. The summed E-state index contributed by atoms with van der Waals surface area (Å²) in [6, 6.07) is 0. The minimum atomic E-state index is -0.489. The maximum atomic E-state index is 9.39. The van der Waals surface area contributed by atoms with Gasteiger partial charge in [0.05, 0.1) is 6.73 Å². The van der Waals surface area contributed by atoms with Gasteiger partial charge in [-0.05, 0) is 20.6 Å². The van der Waals surface area contributed by atoms with E-state index in [0.29, 0.717) is 6.54 Å². The van der Waals surface area contributed by atoms with Crippen LogP contribution >= 0.6 is 0 Å². The number of likely N-dealkylation sites (N-methyl/N-ethyl adjacent to an activating group) is 2. The van der Waals surface area contributed by atoms with E-state index in [2.05, 4.69) is 0 Å². The fourth-order valence-corrected chi connectivity index (χ4v) is 0.687. The van der Waals surface area contributed by atoms with Crippen LogP contribution in [0.3, 0.4) is 0 Å². The summed E-state index contributed by atoms with van der Waals surface area (Å²) in [7, 11) is 3.60. The first-order valence-electron chi connectivity index (χ1n) is 3.79. The largest absolute Gasteiger partial charge is 0.381 e. The van der Waals surface area contributed by atoms with E-state index in [1.54, 1.807) is 11.9 Å². The third kappa shape index (κ3) is 4.31. The average Bonchev–Trinajstić information content (AvgIpc) is 2.02. The monoisotopic (exact) mass is 162 g/mol. The van der Waals surface area contributed by atoms with Crippen LogP contribution in [0.25, 0.3) is 0 Å². The van der Waals surface area contributed by atoms with Gasteiger partial charge in [0.2, 0.25) is 0 Å². The van der Waals surface area contributed by atoms with Gasteiger partial charge in [-0.1, -0.05) is 6.92 Å². The molecule has 0 saturated heterocycles. The first kappa shape index (κ1) is 10.8. The van der Waals surface area contributed by atoms with Gasteiger partial charge in [0.1, 0.15) is 6.23 Å². The molecule has 0 aliphatic rings. The molecular weight excluding hydrogens is 144 g/mol. The first-order valence-corrected chi connectivity index (χ1v) is 3.79. The van der Waals surface area contributed by atoms with Gasteiger partial charge in [-0.25, -0.2) is 0 Å².